The van der Waals surface area contributed by atoms with E-state index in [4.69, 9.17) is 15.0 Å². The average Bonchev–Trinajstić information content (AvgIpc) is 3.84. The van der Waals surface area contributed by atoms with Gasteiger partial charge >= 0.3 is 0 Å². The average molecular weight is 744 g/mol. The molecule has 0 saturated heterocycles. The van der Waals surface area contributed by atoms with E-state index in [1.165, 1.54) is 0 Å². The van der Waals surface area contributed by atoms with Crippen molar-refractivity contribution in [1.82, 2.24) is 24.1 Å². The minimum atomic E-state index is -0.266. The molecule has 6 heteroatoms. The summed E-state index contributed by atoms with van der Waals surface area (Å²) >= 11 is 0. The highest BCUT2D eigenvalue weighted by Gasteiger charge is 2.22. The molecule has 6 nitrogen and oxygen atoms in total. The van der Waals surface area contributed by atoms with Crippen LogP contribution in [0.4, 0.5) is 0 Å². The van der Waals surface area contributed by atoms with Crippen molar-refractivity contribution in [2.24, 2.45) is 0 Å². The highest BCUT2D eigenvalue weighted by atomic mass is 15.0. The van der Waals surface area contributed by atoms with Crippen LogP contribution in [0.3, 0.4) is 0 Å². The van der Waals surface area contributed by atoms with Crippen molar-refractivity contribution in [3.05, 3.63) is 200 Å². The van der Waals surface area contributed by atoms with Crippen LogP contribution in [0.1, 0.15) is 9.68 Å². The summed E-state index contributed by atoms with van der Waals surface area (Å²) in [7, 11) is 0. The molecule has 0 spiro atoms. The summed E-state index contributed by atoms with van der Waals surface area (Å²) in [6.45, 7) is 0. The van der Waals surface area contributed by atoms with E-state index in [9.17, 15) is 9.37 Å². The molecule has 0 aliphatic carbocycles. The van der Waals surface area contributed by atoms with Gasteiger partial charge in [-0.15, -0.1) is 0 Å². The van der Waals surface area contributed by atoms with E-state index in [0.29, 0.717) is 17.2 Å². The number of benzene rings is 8. The number of fused-ring (bicyclic) bond motifs is 7. The Hall–Kier alpha value is -8.14. The third-order valence-corrected chi connectivity index (χ3v) is 10.7. The van der Waals surface area contributed by atoms with Crippen molar-refractivity contribution in [3.8, 4) is 62.7 Å². The van der Waals surface area contributed by atoms with Gasteiger partial charge in [-0.2, -0.15) is 5.26 Å². The Morgan fingerprint density at radius 2 is 1.02 bits per heavy atom. The second-order valence-corrected chi connectivity index (χ2v) is 14.1. The third-order valence-electron chi connectivity index (χ3n) is 10.7. The molecule has 0 aliphatic rings. The van der Waals surface area contributed by atoms with Gasteiger partial charge in [0.15, 0.2) is 17.5 Å². The normalized spacial score (nSPS) is 12.2. The van der Waals surface area contributed by atoms with Gasteiger partial charge in [0.05, 0.1) is 37.4 Å². The first-order chi connectivity index (χ1) is 30.0. The molecule has 0 amide bonds. The molecule has 0 aliphatic heterocycles. The van der Waals surface area contributed by atoms with E-state index < -0.39 is 0 Å². The van der Waals surface area contributed by atoms with Gasteiger partial charge in [0, 0.05) is 43.9 Å². The van der Waals surface area contributed by atoms with Gasteiger partial charge in [-0.1, -0.05) is 140 Å². The molecule has 0 unspecified atom stereocenters. The maximum atomic E-state index is 11.1. The molecule has 58 heavy (non-hydrogen) atoms. The van der Waals surface area contributed by atoms with Crippen LogP contribution in [0.2, 0.25) is 0 Å². The minimum Gasteiger partial charge on any atom is -0.309 e. The fourth-order valence-electron chi connectivity index (χ4n) is 8.16. The summed E-state index contributed by atoms with van der Waals surface area (Å²) in [6, 6.07) is 59.5. The molecule has 0 bridgehead atoms. The van der Waals surface area contributed by atoms with Gasteiger partial charge in [0.25, 0.3) is 0 Å². The molecule has 0 fully saturated rings. The van der Waals surface area contributed by atoms with Crippen molar-refractivity contribution in [2.45, 2.75) is 0 Å². The predicted octanol–water partition coefficient (Wildman–Crippen LogP) is 12.6. The van der Waals surface area contributed by atoms with Gasteiger partial charge in [-0.25, -0.2) is 15.0 Å². The lowest BCUT2D eigenvalue weighted by Gasteiger charge is -2.13. The largest absolute Gasteiger partial charge is 0.309 e. The standard InChI is InChI=1S/C52H32N6/c53-33-39-32-38(52-55-50(35-17-6-2-7-18-35)54-51(56-52)37-20-14-19-36(31-37)34-15-4-1-5-16-34)27-29-44(39)58-45-25-12-10-23-41(45)42-28-30-47-48(49(42)58)43-24-11-13-26-46(43)57(47)40-21-8-3-9-22-40/h1-32H/i27D,29D,32D. The van der Waals surface area contributed by atoms with E-state index in [0.717, 1.165) is 66.0 Å². The van der Waals surface area contributed by atoms with Crippen molar-refractivity contribution in [3.63, 3.8) is 0 Å². The van der Waals surface area contributed by atoms with E-state index in [-0.39, 0.29) is 40.8 Å². The lowest BCUT2D eigenvalue weighted by atomic mass is 10.0. The fourth-order valence-corrected chi connectivity index (χ4v) is 8.16. The zero-order valence-electron chi connectivity index (χ0n) is 33.9. The predicted molar refractivity (Wildman–Crippen MR) is 235 cm³/mol. The second kappa shape index (κ2) is 13.6. The number of aromatic nitrogens is 5. The quantitative estimate of drug-likeness (QED) is 0.170. The first kappa shape index (κ1) is 30.1. The van der Waals surface area contributed by atoms with Gasteiger partial charge in [-0.05, 0) is 65.7 Å². The Bertz CT molecular complexity index is 3570. The molecule has 270 valence electrons. The third kappa shape index (κ3) is 5.37. The molecular weight excluding hydrogens is 709 g/mol. The number of nitriles is 1. The van der Waals surface area contributed by atoms with Crippen LogP contribution in [0, 0.1) is 11.3 Å². The van der Waals surface area contributed by atoms with Crippen LogP contribution in [-0.4, -0.2) is 24.1 Å². The minimum absolute atomic E-state index is 0.0167. The molecule has 0 atom stereocenters. The summed E-state index contributed by atoms with van der Waals surface area (Å²) in [5, 5.41) is 14.9. The van der Waals surface area contributed by atoms with Crippen LogP contribution in [0.15, 0.2) is 194 Å². The van der Waals surface area contributed by atoms with Gasteiger partial charge in [-0.3, -0.25) is 0 Å². The summed E-state index contributed by atoms with van der Waals surface area (Å²) in [5.41, 5.74) is 8.02. The highest BCUT2D eigenvalue weighted by Crippen LogP contribution is 2.42. The molecule has 0 radical (unpaired) electrons. The Morgan fingerprint density at radius 1 is 0.448 bits per heavy atom. The van der Waals surface area contributed by atoms with Crippen LogP contribution in [-0.2, 0) is 0 Å². The smallest absolute Gasteiger partial charge is 0.164 e. The van der Waals surface area contributed by atoms with E-state index in [2.05, 4.69) is 47.0 Å². The zero-order chi connectivity index (χ0) is 41.2. The molecule has 0 N–H and O–H groups in total. The van der Waals surface area contributed by atoms with E-state index >= 15 is 0 Å². The maximum Gasteiger partial charge on any atom is 0.164 e. The van der Waals surface area contributed by atoms with Crippen LogP contribution < -0.4 is 0 Å². The lowest BCUT2D eigenvalue weighted by Crippen LogP contribution is -2.02. The summed E-state index contributed by atoms with van der Waals surface area (Å²) in [4.78, 5) is 14.7. The molecular formula is C52H32N6. The number of hydrogen-bond acceptors (Lipinski definition) is 4. The number of para-hydroxylation sites is 3. The molecule has 11 aromatic rings. The van der Waals surface area contributed by atoms with Crippen molar-refractivity contribution >= 4 is 43.6 Å². The molecule has 3 aromatic heterocycles. The first-order valence-electron chi connectivity index (χ1n) is 20.5. The SMILES string of the molecule is [2H]c1c([2H])c(-n2c3ccccc3c3ccc4c(c5ccccc5n4-c4ccccc4)c32)c(C#N)c([2H])c1-c1nc(-c2ccccc2)nc(-c2cccc(-c3ccccc3)c2)n1. The van der Waals surface area contributed by atoms with Crippen molar-refractivity contribution < 1.29 is 4.11 Å². The Kier molecular flexibility index (Phi) is 7.04. The number of nitrogens with zero attached hydrogens (tertiary/aromatic N) is 6. The maximum absolute atomic E-state index is 11.1. The van der Waals surface area contributed by atoms with Gasteiger partial charge in [0.1, 0.15) is 6.07 Å². The van der Waals surface area contributed by atoms with Crippen LogP contribution in [0.5, 0.6) is 0 Å². The first-order valence-corrected chi connectivity index (χ1v) is 19.0. The second-order valence-electron chi connectivity index (χ2n) is 14.1. The Morgan fingerprint density at radius 3 is 1.74 bits per heavy atom. The highest BCUT2D eigenvalue weighted by molar-refractivity contribution is 6.26. The summed E-state index contributed by atoms with van der Waals surface area (Å²) < 4.78 is 33.4. The Balaban J connectivity index is 1.20. The van der Waals surface area contributed by atoms with E-state index in [1.54, 1.807) is 0 Å². The molecule has 3 heterocycles. The number of hydrogen-bond donors (Lipinski definition) is 0. The van der Waals surface area contributed by atoms with E-state index in [1.807, 2.05) is 144 Å². The monoisotopic (exact) mass is 743 g/mol. The lowest BCUT2D eigenvalue weighted by molar-refractivity contribution is 1.07. The fraction of sp³-hybridized carbons (Fsp3) is 0. The van der Waals surface area contributed by atoms with Crippen LogP contribution in [0.25, 0.3) is 100 Å². The number of rotatable bonds is 6. The summed E-state index contributed by atoms with van der Waals surface area (Å²) in [6.07, 6.45) is 0. The zero-order valence-corrected chi connectivity index (χ0v) is 30.9. The molecule has 0 saturated carbocycles. The Labute approximate surface area is 338 Å². The van der Waals surface area contributed by atoms with Gasteiger partial charge < -0.3 is 9.13 Å². The van der Waals surface area contributed by atoms with Crippen molar-refractivity contribution in [2.75, 3.05) is 0 Å². The van der Waals surface area contributed by atoms with Crippen molar-refractivity contribution in [1.29, 1.82) is 5.26 Å². The molecule has 11 rings (SSSR count). The topological polar surface area (TPSA) is 72.3 Å². The summed E-state index contributed by atoms with van der Waals surface area (Å²) in [5.74, 6) is 0.725. The molecule has 8 aromatic carbocycles. The van der Waals surface area contributed by atoms with Crippen LogP contribution >= 0.6 is 0 Å². The van der Waals surface area contributed by atoms with Gasteiger partial charge in [0.2, 0.25) is 0 Å².